The second-order valence-corrected chi connectivity index (χ2v) is 7.35. The number of nitrogens with two attached hydrogens (primary N) is 2. The number of hydrogen-bond acceptors (Lipinski definition) is 9. The number of anilines is 1. The highest BCUT2D eigenvalue weighted by Crippen LogP contribution is 2.22. The normalized spacial score (nSPS) is 10.8. The fraction of sp³-hybridized carbons (Fsp3) is 0.381. The van der Waals surface area contributed by atoms with Gasteiger partial charge < -0.3 is 36.4 Å². The van der Waals surface area contributed by atoms with Crippen LogP contribution >= 0.6 is 0 Å². The van der Waals surface area contributed by atoms with Crippen LogP contribution in [0.15, 0.2) is 34.2 Å². The number of esters is 1. The van der Waals surface area contributed by atoms with Gasteiger partial charge in [0, 0.05) is 6.54 Å². The average molecular weight is 529 g/mol. The van der Waals surface area contributed by atoms with Crippen molar-refractivity contribution in [2.45, 2.75) is 26.1 Å². The molecule has 0 spiro atoms. The highest BCUT2D eigenvalue weighted by Gasteiger charge is 2.42. The Balaban J connectivity index is 2.21. The predicted molar refractivity (Wildman–Crippen MR) is 125 cm³/mol. The minimum absolute atomic E-state index is 0.0443. The van der Waals surface area contributed by atoms with Crippen LogP contribution in [0, 0.1) is 6.92 Å². The zero-order valence-corrected chi connectivity index (χ0v) is 19.9. The Hall–Kier alpha value is -4.50. The van der Waals surface area contributed by atoms with Crippen molar-refractivity contribution < 1.29 is 37.1 Å². The topological polar surface area (TPSA) is 185 Å². The van der Waals surface area contributed by atoms with Gasteiger partial charge in [-0.1, -0.05) is 12.1 Å². The van der Waals surface area contributed by atoms with Crippen LogP contribution in [0.2, 0.25) is 0 Å². The molecule has 1 aromatic carbocycles. The summed E-state index contributed by atoms with van der Waals surface area (Å²) in [5.74, 6) is -4.08. The van der Waals surface area contributed by atoms with Crippen molar-refractivity contribution in [2.24, 2.45) is 16.6 Å². The Morgan fingerprint density at radius 2 is 1.84 bits per heavy atom. The van der Waals surface area contributed by atoms with Gasteiger partial charge in [0.1, 0.15) is 18.9 Å². The van der Waals surface area contributed by atoms with E-state index >= 15 is 0 Å². The van der Waals surface area contributed by atoms with Crippen LogP contribution < -0.4 is 37.1 Å². The van der Waals surface area contributed by atoms with Crippen LogP contribution in [0.3, 0.4) is 0 Å². The van der Waals surface area contributed by atoms with Gasteiger partial charge in [-0.15, -0.1) is 0 Å². The molecule has 37 heavy (non-hydrogen) atoms. The lowest BCUT2D eigenvalue weighted by Crippen LogP contribution is -2.37. The number of nitrogens with one attached hydrogen (secondary N) is 2. The van der Waals surface area contributed by atoms with Gasteiger partial charge in [-0.3, -0.25) is 14.2 Å². The minimum Gasteiger partial charge on any atom is -0.497 e. The summed E-state index contributed by atoms with van der Waals surface area (Å²) in [6.45, 7) is 0.583. The summed E-state index contributed by atoms with van der Waals surface area (Å²) in [4.78, 5) is 45.1. The molecule has 0 unspecified atom stereocenters. The summed E-state index contributed by atoms with van der Waals surface area (Å²) < 4.78 is 48.6. The Morgan fingerprint density at radius 1 is 1.16 bits per heavy atom. The van der Waals surface area contributed by atoms with Crippen LogP contribution in [0.25, 0.3) is 0 Å². The van der Waals surface area contributed by atoms with Gasteiger partial charge in [0.15, 0.2) is 5.82 Å². The van der Waals surface area contributed by atoms with E-state index in [0.717, 1.165) is 10.1 Å². The zero-order chi connectivity index (χ0) is 27.6. The summed E-state index contributed by atoms with van der Waals surface area (Å²) in [6.07, 6.45) is -4.89. The molecule has 0 aliphatic carbocycles. The molecule has 0 radical (unpaired) electrons. The number of methoxy groups -OCH3 is 1. The lowest BCUT2D eigenvalue weighted by molar-refractivity contribution is -0.190. The third kappa shape index (κ3) is 8.90. The van der Waals surface area contributed by atoms with Gasteiger partial charge in [-0.2, -0.15) is 18.2 Å². The fourth-order valence-corrected chi connectivity index (χ4v) is 2.85. The van der Waals surface area contributed by atoms with Gasteiger partial charge in [-0.25, -0.2) is 4.79 Å². The molecule has 2 rings (SSSR count). The smallest absolute Gasteiger partial charge is 0.491 e. The minimum atomic E-state index is -5.30. The second-order valence-electron chi connectivity index (χ2n) is 7.35. The van der Waals surface area contributed by atoms with Crippen molar-refractivity contribution in [3.63, 3.8) is 0 Å². The van der Waals surface area contributed by atoms with E-state index in [1.165, 1.54) is 14.0 Å². The Kier molecular flexibility index (Phi) is 10.1. The van der Waals surface area contributed by atoms with Gasteiger partial charge in [0.2, 0.25) is 17.7 Å². The van der Waals surface area contributed by atoms with Crippen LogP contribution in [-0.4, -0.2) is 60.4 Å². The number of halogens is 3. The number of benzene rings is 1. The van der Waals surface area contributed by atoms with Gasteiger partial charge in [0.25, 0.3) is 5.56 Å². The van der Waals surface area contributed by atoms with Gasteiger partial charge in [0.05, 0.1) is 19.3 Å². The molecule has 0 saturated carbocycles. The lowest BCUT2D eigenvalue weighted by Gasteiger charge is -2.16. The number of oxime groups is 1. The molecule has 0 aliphatic heterocycles. The number of alkyl halides is 3. The third-order valence-corrected chi connectivity index (χ3v) is 4.65. The van der Waals surface area contributed by atoms with Crippen LogP contribution in [0.1, 0.15) is 11.3 Å². The molecule has 1 amide bonds. The van der Waals surface area contributed by atoms with Crippen molar-refractivity contribution in [3.05, 3.63) is 45.9 Å². The molecule has 0 aliphatic rings. The lowest BCUT2D eigenvalue weighted by atomic mass is 10.1. The number of ether oxygens (including phenoxy) is 2. The van der Waals surface area contributed by atoms with E-state index < -0.39 is 41.9 Å². The maximum absolute atomic E-state index is 12.9. The van der Waals surface area contributed by atoms with Crippen LogP contribution in [0.4, 0.5) is 19.0 Å². The number of carbonyl (C=O) groups excluding carboxylic acids is 2. The summed E-state index contributed by atoms with van der Waals surface area (Å²) in [6, 6.07) is 7.06. The number of guanidine groups is 1. The van der Waals surface area contributed by atoms with E-state index in [1.807, 2.05) is 0 Å². The third-order valence-electron chi connectivity index (χ3n) is 4.65. The first-order valence-corrected chi connectivity index (χ1v) is 10.7. The Labute approximate surface area is 208 Å². The quantitative estimate of drug-likeness (QED) is 0.0959. The number of amides is 1. The van der Waals surface area contributed by atoms with Gasteiger partial charge >= 0.3 is 12.1 Å². The summed E-state index contributed by atoms with van der Waals surface area (Å²) in [5.41, 5.74) is 9.97. The van der Waals surface area contributed by atoms with Gasteiger partial charge in [-0.05, 0) is 36.2 Å². The standard InChI is InChI=1S/C21H26F3N7O6/c1-12-17(37-19(34)21(22,23)24)29-16(28-8-7-13-3-5-14(35-2)6-4-13)18(33)31(12)11-15(32)27-9-10-36-30-20(25)26/h3-6H,7-11H2,1-2H3,(H,27,32)(H,28,29)(H4,25,26,30). The van der Waals surface area contributed by atoms with Crippen molar-refractivity contribution in [1.29, 1.82) is 0 Å². The van der Waals surface area contributed by atoms with E-state index in [-0.39, 0.29) is 31.3 Å². The van der Waals surface area contributed by atoms with Crippen molar-refractivity contribution in [2.75, 3.05) is 32.1 Å². The predicted octanol–water partition coefficient (Wildman–Crippen LogP) is 0.00382. The molecule has 1 aromatic heterocycles. The molecule has 0 fully saturated rings. The van der Waals surface area contributed by atoms with E-state index in [9.17, 15) is 27.6 Å². The maximum Gasteiger partial charge on any atom is 0.491 e. The highest BCUT2D eigenvalue weighted by molar-refractivity contribution is 5.78. The average Bonchev–Trinajstić information content (AvgIpc) is 2.83. The van der Waals surface area contributed by atoms with E-state index in [0.29, 0.717) is 12.2 Å². The van der Waals surface area contributed by atoms with Crippen LogP contribution in [0.5, 0.6) is 11.6 Å². The Bertz CT molecular complexity index is 1180. The SMILES string of the molecule is COc1ccc(CCNc2nc(OC(=O)C(F)(F)F)c(C)n(CC(=O)NCCON=C(N)N)c2=O)cc1. The molecule has 1 heterocycles. The number of rotatable bonds is 12. The van der Waals surface area contributed by atoms with Crippen molar-refractivity contribution in [1.82, 2.24) is 14.9 Å². The molecule has 2 aromatic rings. The summed E-state index contributed by atoms with van der Waals surface area (Å²) in [7, 11) is 1.52. The first-order chi connectivity index (χ1) is 17.4. The molecule has 13 nitrogen and oxygen atoms in total. The molecule has 16 heteroatoms. The van der Waals surface area contributed by atoms with Crippen molar-refractivity contribution >= 4 is 23.7 Å². The second kappa shape index (κ2) is 13.0. The number of hydrogen-bond donors (Lipinski definition) is 4. The first kappa shape index (κ1) is 28.7. The molecule has 6 N–H and O–H groups in total. The maximum atomic E-state index is 12.9. The zero-order valence-electron chi connectivity index (χ0n) is 19.9. The number of carbonyl (C=O) groups is 2. The monoisotopic (exact) mass is 529 g/mol. The molecule has 0 atom stereocenters. The summed E-state index contributed by atoms with van der Waals surface area (Å²) in [5, 5.41) is 8.41. The van der Waals surface area contributed by atoms with Crippen LogP contribution in [-0.2, 0) is 27.4 Å². The summed E-state index contributed by atoms with van der Waals surface area (Å²) >= 11 is 0. The highest BCUT2D eigenvalue weighted by atomic mass is 19.4. The largest absolute Gasteiger partial charge is 0.497 e. The molecular formula is C21H26F3N7O6. The van der Waals surface area contributed by atoms with Crippen molar-refractivity contribution in [3.8, 4) is 11.6 Å². The Morgan fingerprint density at radius 3 is 2.43 bits per heavy atom. The molecular weight excluding hydrogens is 503 g/mol. The van der Waals surface area contributed by atoms with E-state index in [2.05, 4.69) is 25.5 Å². The molecule has 202 valence electrons. The van der Waals surface area contributed by atoms with E-state index in [1.54, 1.807) is 24.3 Å². The molecule has 0 saturated heterocycles. The molecule has 0 bridgehead atoms. The number of aromatic nitrogens is 2. The van der Waals surface area contributed by atoms with E-state index in [4.69, 9.17) is 21.0 Å². The first-order valence-electron chi connectivity index (χ1n) is 10.7. The fourth-order valence-electron chi connectivity index (χ4n) is 2.85. The number of nitrogens with zero attached hydrogens (tertiary/aromatic N) is 3.